The highest BCUT2D eigenvalue weighted by Gasteiger charge is 2.15. The molecule has 0 bridgehead atoms. The second-order valence-corrected chi connectivity index (χ2v) is 5.61. The third kappa shape index (κ3) is 3.79. The van der Waals surface area contributed by atoms with Gasteiger partial charge in [0.1, 0.15) is 0 Å². The number of pyridine rings is 1. The molecule has 0 aliphatic carbocycles. The minimum atomic E-state index is 0.248. The number of ether oxygens (including phenoxy) is 2. The molecule has 2 heterocycles. The van der Waals surface area contributed by atoms with Crippen LogP contribution in [-0.4, -0.2) is 49.4 Å². The Labute approximate surface area is 125 Å². The average Bonchev–Trinajstić information content (AvgIpc) is 2.54. The second kappa shape index (κ2) is 6.98. The molecule has 0 spiro atoms. The van der Waals surface area contributed by atoms with Crippen LogP contribution in [0.2, 0.25) is 0 Å². The first kappa shape index (κ1) is 14.4. The largest absolute Gasteiger partial charge is 0.376 e. The Kier molecular flexibility index (Phi) is 4.80. The van der Waals surface area contributed by atoms with Crippen LogP contribution in [0.25, 0.3) is 10.8 Å². The minimum Gasteiger partial charge on any atom is -0.376 e. The van der Waals surface area contributed by atoms with Gasteiger partial charge in [0.2, 0.25) is 0 Å². The van der Waals surface area contributed by atoms with Crippen molar-refractivity contribution in [2.75, 3.05) is 33.4 Å². The van der Waals surface area contributed by atoms with Crippen molar-refractivity contribution >= 4 is 10.8 Å². The molecule has 0 N–H and O–H groups in total. The van der Waals surface area contributed by atoms with Gasteiger partial charge in [-0.15, -0.1) is 0 Å². The molecule has 1 atom stereocenters. The molecule has 1 saturated heterocycles. The topological polar surface area (TPSA) is 34.6 Å². The number of aromatic nitrogens is 1. The molecule has 4 nitrogen and oxygen atoms in total. The van der Waals surface area contributed by atoms with Crippen molar-refractivity contribution in [2.24, 2.45) is 0 Å². The predicted molar refractivity (Wildman–Crippen MR) is 83.3 cm³/mol. The maximum absolute atomic E-state index is 5.69. The molecule has 1 aliphatic heterocycles. The van der Waals surface area contributed by atoms with Crippen LogP contribution < -0.4 is 0 Å². The second-order valence-electron chi connectivity index (χ2n) is 5.61. The van der Waals surface area contributed by atoms with Crippen molar-refractivity contribution in [3.63, 3.8) is 0 Å². The zero-order valence-electron chi connectivity index (χ0n) is 12.5. The third-order valence-corrected chi connectivity index (χ3v) is 3.93. The van der Waals surface area contributed by atoms with Crippen molar-refractivity contribution < 1.29 is 9.47 Å². The van der Waals surface area contributed by atoms with Crippen LogP contribution in [-0.2, 0) is 16.0 Å². The van der Waals surface area contributed by atoms with E-state index < -0.39 is 0 Å². The fraction of sp³-hybridized carbons (Fsp3) is 0.471. The minimum absolute atomic E-state index is 0.248. The summed E-state index contributed by atoms with van der Waals surface area (Å²) in [5, 5.41) is 2.49. The van der Waals surface area contributed by atoms with Crippen LogP contribution in [0.3, 0.4) is 0 Å². The van der Waals surface area contributed by atoms with Crippen LogP contribution in [0.5, 0.6) is 0 Å². The summed E-state index contributed by atoms with van der Waals surface area (Å²) in [7, 11) is 2.16. The van der Waals surface area contributed by atoms with E-state index in [9.17, 15) is 0 Å². The Morgan fingerprint density at radius 3 is 3.10 bits per heavy atom. The van der Waals surface area contributed by atoms with Crippen LogP contribution in [0.1, 0.15) is 12.0 Å². The SMILES string of the molecule is CN(CCC1COCCO1)Cc1cccc2cnccc12. The summed E-state index contributed by atoms with van der Waals surface area (Å²) in [6, 6.07) is 8.50. The first-order valence-electron chi connectivity index (χ1n) is 7.52. The fourth-order valence-corrected chi connectivity index (χ4v) is 2.77. The van der Waals surface area contributed by atoms with Crippen molar-refractivity contribution in [1.29, 1.82) is 0 Å². The predicted octanol–water partition coefficient (Wildman–Crippen LogP) is 2.47. The van der Waals surface area contributed by atoms with E-state index in [1.807, 2.05) is 12.4 Å². The lowest BCUT2D eigenvalue weighted by molar-refractivity contribution is -0.0923. The number of fused-ring (bicyclic) bond motifs is 1. The lowest BCUT2D eigenvalue weighted by Crippen LogP contribution is -2.32. The molecule has 3 rings (SSSR count). The summed E-state index contributed by atoms with van der Waals surface area (Å²) in [5.41, 5.74) is 1.35. The van der Waals surface area contributed by atoms with Gasteiger partial charge in [0.05, 0.1) is 25.9 Å². The third-order valence-electron chi connectivity index (χ3n) is 3.93. The molecule has 1 unspecified atom stereocenters. The summed E-state index contributed by atoms with van der Waals surface area (Å²) in [5.74, 6) is 0. The normalized spacial score (nSPS) is 19.2. The average molecular weight is 286 g/mol. The molecule has 4 heteroatoms. The fourth-order valence-electron chi connectivity index (χ4n) is 2.77. The summed E-state index contributed by atoms with van der Waals surface area (Å²) in [4.78, 5) is 6.53. The number of hydrogen-bond donors (Lipinski definition) is 0. The van der Waals surface area contributed by atoms with Gasteiger partial charge in [-0.05, 0) is 30.5 Å². The molecular formula is C17H22N2O2. The molecule has 112 valence electrons. The summed E-state index contributed by atoms with van der Waals surface area (Å²) in [6.45, 7) is 4.14. The van der Waals surface area contributed by atoms with Gasteiger partial charge in [-0.2, -0.15) is 0 Å². The highest BCUT2D eigenvalue weighted by molar-refractivity contribution is 5.84. The van der Waals surface area contributed by atoms with E-state index in [1.165, 1.54) is 16.3 Å². The molecule has 1 aromatic heterocycles. The Bertz CT molecular complexity index is 577. The lowest BCUT2D eigenvalue weighted by Gasteiger charge is -2.25. The van der Waals surface area contributed by atoms with E-state index in [0.717, 1.165) is 39.3 Å². The van der Waals surface area contributed by atoms with Crippen LogP contribution in [0, 0.1) is 0 Å². The molecule has 0 saturated carbocycles. The monoisotopic (exact) mass is 286 g/mol. The van der Waals surface area contributed by atoms with Gasteiger partial charge < -0.3 is 14.4 Å². The van der Waals surface area contributed by atoms with Gasteiger partial charge in [-0.25, -0.2) is 0 Å². The van der Waals surface area contributed by atoms with Crippen molar-refractivity contribution in [2.45, 2.75) is 19.1 Å². The maximum atomic E-state index is 5.69. The number of rotatable bonds is 5. The van der Waals surface area contributed by atoms with Crippen LogP contribution in [0.4, 0.5) is 0 Å². The Morgan fingerprint density at radius 2 is 2.24 bits per heavy atom. The van der Waals surface area contributed by atoms with Crippen LogP contribution in [0.15, 0.2) is 36.7 Å². The van der Waals surface area contributed by atoms with Crippen molar-refractivity contribution in [3.05, 3.63) is 42.2 Å². The summed E-state index contributed by atoms with van der Waals surface area (Å²) < 4.78 is 11.1. The number of benzene rings is 1. The lowest BCUT2D eigenvalue weighted by atomic mass is 10.1. The van der Waals surface area contributed by atoms with Crippen molar-refractivity contribution in [1.82, 2.24) is 9.88 Å². The van der Waals surface area contributed by atoms with Gasteiger partial charge >= 0.3 is 0 Å². The molecule has 1 aliphatic rings. The molecule has 2 aromatic rings. The van der Waals surface area contributed by atoms with Gasteiger partial charge in [0.15, 0.2) is 0 Å². The summed E-state index contributed by atoms with van der Waals surface area (Å²) >= 11 is 0. The maximum Gasteiger partial charge on any atom is 0.0821 e. The Morgan fingerprint density at radius 1 is 1.29 bits per heavy atom. The van der Waals surface area contributed by atoms with Gasteiger partial charge in [-0.1, -0.05) is 18.2 Å². The van der Waals surface area contributed by atoms with E-state index >= 15 is 0 Å². The van der Waals surface area contributed by atoms with Crippen molar-refractivity contribution in [3.8, 4) is 0 Å². The van der Waals surface area contributed by atoms with E-state index in [4.69, 9.17) is 9.47 Å². The smallest absolute Gasteiger partial charge is 0.0821 e. The number of hydrogen-bond acceptors (Lipinski definition) is 4. The first-order chi connectivity index (χ1) is 10.3. The molecule has 0 amide bonds. The zero-order valence-corrected chi connectivity index (χ0v) is 12.5. The highest BCUT2D eigenvalue weighted by atomic mass is 16.6. The highest BCUT2D eigenvalue weighted by Crippen LogP contribution is 2.19. The van der Waals surface area contributed by atoms with Gasteiger partial charge in [0.25, 0.3) is 0 Å². The molecule has 0 radical (unpaired) electrons. The van der Waals surface area contributed by atoms with E-state index in [-0.39, 0.29) is 6.10 Å². The molecular weight excluding hydrogens is 264 g/mol. The van der Waals surface area contributed by atoms with E-state index in [0.29, 0.717) is 0 Å². The van der Waals surface area contributed by atoms with Gasteiger partial charge in [0, 0.05) is 30.9 Å². The van der Waals surface area contributed by atoms with Gasteiger partial charge in [-0.3, -0.25) is 4.98 Å². The quantitative estimate of drug-likeness (QED) is 0.846. The number of nitrogens with zero attached hydrogens (tertiary/aromatic N) is 2. The molecule has 1 aromatic carbocycles. The van der Waals surface area contributed by atoms with Crippen LogP contribution >= 0.6 is 0 Å². The molecule has 1 fully saturated rings. The van der Waals surface area contributed by atoms with E-state index in [2.05, 4.69) is 41.2 Å². The zero-order chi connectivity index (χ0) is 14.5. The Balaban J connectivity index is 1.59. The molecule has 21 heavy (non-hydrogen) atoms. The Hall–Kier alpha value is -1.49. The summed E-state index contributed by atoms with van der Waals surface area (Å²) in [6.07, 6.45) is 5.05. The standard InChI is InChI=1S/C17H22N2O2/c1-19(8-6-16-13-20-9-10-21-16)12-15-4-2-3-14-11-18-7-5-17(14)15/h2-5,7,11,16H,6,8-10,12-13H2,1H3. The van der Waals surface area contributed by atoms with E-state index in [1.54, 1.807) is 0 Å². The first-order valence-corrected chi connectivity index (χ1v) is 7.52.